The van der Waals surface area contributed by atoms with Gasteiger partial charge in [0.2, 0.25) is 0 Å². The SMILES string of the molecule is Cc1nn(Cc2ccc(C(=O)NN=CC(Br)=C(Br)C(=O)O)o2)c(C)c1Cl. The number of carbonyl (C=O) groups is 2. The van der Waals surface area contributed by atoms with Gasteiger partial charge in [0.05, 0.1) is 33.7 Å². The van der Waals surface area contributed by atoms with Crippen LogP contribution in [0, 0.1) is 13.8 Å². The Labute approximate surface area is 170 Å². The van der Waals surface area contributed by atoms with Gasteiger partial charge in [-0.05, 0) is 57.8 Å². The number of carbonyl (C=O) groups excluding carboxylic acids is 1. The van der Waals surface area contributed by atoms with Gasteiger partial charge in [0, 0.05) is 0 Å². The van der Waals surface area contributed by atoms with Crippen molar-refractivity contribution in [3.05, 3.63) is 49.0 Å². The number of aliphatic carboxylic acids is 1. The largest absolute Gasteiger partial charge is 0.477 e. The van der Waals surface area contributed by atoms with Crippen LogP contribution in [-0.4, -0.2) is 33.0 Å². The maximum Gasteiger partial charge on any atom is 0.344 e. The summed E-state index contributed by atoms with van der Waals surface area (Å²) in [6.45, 7) is 3.98. The third-order valence-electron chi connectivity index (χ3n) is 3.23. The number of halogens is 3. The van der Waals surface area contributed by atoms with Gasteiger partial charge in [0.15, 0.2) is 5.76 Å². The number of hydrazone groups is 1. The van der Waals surface area contributed by atoms with Crippen LogP contribution in [0.15, 0.2) is 30.6 Å². The monoisotopic (exact) mass is 506 g/mol. The molecule has 0 spiro atoms. The summed E-state index contributed by atoms with van der Waals surface area (Å²) < 4.78 is 7.20. The quantitative estimate of drug-likeness (QED) is 0.352. The summed E-state index contributed by atoms with van der Waals surface area (Å²) in [4.78, 5) is 22.7. The van der Waals surface area contributed by atoms with Crippen LogP contribution in [0.4, 0.5) is 0 Å². The highest BCUT2D eigenvalue weighted by atomic mass is 79.9. The molecular formula is C15H13Br2ClN4O4. The van der Waals surface area contributed by atoms with E-state index in [1.54, 1.807) is 17.7 Å². The van der Waals surface area contributed by atoms with Crippen molar-refractivity contribution in [1.29, 1.82) is 0 Å². The summed E-state index contributed by atoms with van der Waals surface area (Å²) in [7, 11) is 0. The Morgan fingerprint density at radius 2 is 2.12 bits per heavy atom. The van der Waals surface area contributed by atoms with Crippen LogP contribution < -0.4 is 5.43 Å². The number of amides is 1. The minimum Gasteiger partial charge on any atom is -0.477 e. The number of allylic oxidation sites excluding steroid dienone is 1. The highest BCUT2D eigenvalue weighted by Gasteiger charge is 2.14. The van der Waals surface area contributed by atoms with Crippen molar-refractivity contribution >= 4 is 61.6 Å². The summed E-state index contributed by atoms with van der Waals surface area (Å²) in [5.74, 6) is -1.17. The van der Waals surface area contributed by atoms with Gasteiger partial charge in [-0.3, -0.25) is 9.48 Å². The fourth-order valence-corrected chi connectivity index (χ4v) is 2.43. The third-order valence-corrected chi connectivity index (χ3v) is 5.67. The smallest absolute Gasteiger partial charge is 0.344 e. The number of furan rings is 1. The Morgan fingerprint density at radius 1 is 1.42 bits per heavy atom. The van der Waals surface area contributed by atoms with Gasteiger partial charge >= 0.3 is 11.9 Å². The first-order valence-corrected chi connectivity index (χ1v) is 9.07. The van der Waals surface area contributed by atoms with Crippen LogP contribution in [0.5, 0.6) is 0 Å². The molecule has 0 saturated heterocycles. The van der Waals surface area contributed by atoms with Crippen molar-refractivity contribution in [2.75, 3.05) is 0 Å². The average Bonchev–Trinajstić information content (AvgIpc) is 3.15. The molecular weight excluding hydrogens is 495 g/mol. The molecule has 8 nitrogen and oxygen atoms in total. The number of hydrogen-bond donors (Lipinski definition) is 2. The fourth-order valence-electron chi connectivity index (χ4n) is 1.92. The van der Waals surface area contributed by atoms with Gasteiger partial charge in [0.1, 0.15) is 10.2 Å². The number of hydrogen-bond acceptors (Lipinski definition) is 5. The van der Waals surface area contributed by atoms with E-state index in [4.69, 9.17) is 21.1 Å². The second kappa shape index (κ2) is 8.65. The van der Waals surface area contributed by atoms with Crippen LogP contribution in [0.3, 0.4) is 0 Å². The summed E-state index contributed by atoms with van der Waals surface area (Å²) in [5, 5.41) is 17.3. The standard InChI is InChI=1S/C15H13Br2ClN4O4/c1-7-13(18)8(2)22(21-7)6-9-3-4-11(26-9)14(23)20-19-5-10(16)12(17)15(24)25/h3-5H,6H2,1-2H3,(H,20,23)(H,24,25). The highest BCUT2D eigenvalue weighted by molar-refractivity contribution is 9.14. The Balaban J connectivity index is 2.03. The second-order valence-electron chi connectivity index (χ2n) is 5.07. The zero-order chi connectivity index (χ0) is 19.4. The molecule has 0 fully saturated rings. The molecule has 0 atom stereocenters. The van der Waals surface area contributed by atoms with Crippen molar-refractivity contribution in [1.82, 2.24) is 15.2 Å². The van der Waals surface area contributed by atoms with Gasteiger partial charge in [-0.2, -0.15) is 10.2 Å². The van der Waals surface area contributed by atoms with Gasteiger partial charge in [0.25, 0.3) is 0 Å². The molecule has 2 N–H and O–H groups in total. The van der Waals surface area contributed by atoms with E-state index in [1.807, 2.05) is 6.92 Å². The Bertz CT molecular complexity index is 917. The van der Waals surface area contributed by atoms with Crippen molar-refractivity contribution in [3.8, 4) is 0 Å². The number of rotatable bonds is 6. The van der Waals surface area contributed by atoms with Crippen LogP contribution in [-0.2, 0) is 11.3 Å². The second-order valence-corrected chi connectivity index (χ2v) is 7.10. The van der Waals surface area contributed by atoms with E-state index in [9.17, 15) is 9.59 Å². The maximum absolute atomic E-state index is 12.0. The first-order valence-electron chi connectivity index (χ1n) is 7.11. The number of nitrogens with zero attached hydrogens (tertiary/aromatic N) is 3. The summed E-state index contributed by atoms with van der Waals surface area (Å²) in [6.07, 6.45) is 1.14. The molecule has 138 valence electrons. The zero-order valence-corrected chi connectivity index (χ0v) is 17.5. The molecule has 0 unspecified atom stereocenters. The minimum atomic E-state index is -1.17. The van der Waals surface area contributed by atoms with Crippen molar-refractivity contribution in [2.45, 2.75) is 20.4 Å². The molecule has 2 rings (SSSR count). The van der Waals surface area contributed by atoms with Gasteiger partial charge in [-0.25, -0.2) is 10.2 Å². The molecule has 2 heterocycles. The lowest BCUT2D eigenvalue weighted by Crippen LogP contribution is -2.16. The summed E-state index contributed by atoms with van der Waals surface area (Å²) in [5.41, 5.74) is 3.76. The number of carboxylic acids is 1. The van der Waals surface area contributed by atoms with E-state index in [2.05, 4.69) is 47.5 Å². The van der Waals surface area contributed by atoms with Crippen LogP contribution >= 0.6 is 43.5 Å². The van der Waals surface area contributed by atoms with Crippen LogP contribution in [0.1, 0.15) is 27.7 Å². The number of aromatic nitrogens is 2. The summed E-state index contributed by atoms with van der Waals surface area (Å²) in [6, 6.07) is 3.16. The lowest BCUT2D eigenvalue weighted by molar-refractivity contribution is -0.131. The summed E-state index contributed by atoms with van der Waals surface area (Å²) >= 11 is 12.0. The lowest BCUT2D eigenvalue weighted by Gasteiger charge is -2.01. The van der Waals surface area contributed by atoms with Crippen LogP contribution in [0.25, 0.3) is 0 Å². The molecule has 0 saturated carbocycles. The normalized spacial score (nSPS) is 12.3. The number of aryl methyl sites for hydroxylation is 1. The predicted octanol–water partition coefficient (Wildman–Crippen LogP) is 3.60. The molecule has 0 aliphatic rings. The molecule has 2 aromatic rings. The lowest BCUT2D eigenvalue weighted by atomic mass is 10.4. The van der Waals surface area contributed by atoms with E-state index in [0.29, 0.717) is 23.0 Å². The average molecular weight is 509 g/mol. The van der Waals surface area contributed by atoms with Gasteiger partial charge in [-0.15, -0.1) is 0 Å². The van der Waals surface area contributed by atoms with Crippen molar-refractivity contribution < 1.29 is 19.1 Å². The Kier molecular flexibility index (Phi) is 6.79. The molecule has 0 bridgehead atoms. The minimum absolute atomic E-state index is 0.0576. The number of nitrogens with one attached hydrogen (secondary N) is 1. The number of carboxylic acid groups (broad SMARTS) is 1. The molecule has 1 amide bonds. The van der Waals surface area contributed by atoms with E-state index >= 15 is 0 Å². The predicted molar refractivity (Wildman–Crippen MR) is 103 cm³/mol. The zero-order valence-electron chi connectivity index (χ0n) is 13.6. The first kappa shape index (κ1) is 20.4. The van der Waals surface area contributed by atoms with Crippen molar-refractivity contribution in [3.63, 3.8) is 0 Å². The van der Waals surface area contributed by atoms with E-state index < -0.39 is 11.9 Å². The third kappa shape index (κ3) is 4.83. The maximum atomic E-state index is 12.0. The molecule has 2 aromatic heterocycles. The van der Waals surface area contributed by atoms with Gasteiger partial charge in [-0.1, -0.05) is 11.6 Å². The molecule has 0 aliphatic heterocycles. The fraction of sp³-hybridized carbons (Fsp3) is 0.200. The van der Waals surface area contributed by atoms with E-state index in [-0.39, 0.29) is 14.7 Å². The van der Waals surface area contributed by atoms with Crippen molar-refractivity contribution in [2.24, 2.45) is 5.10 Å². The molecule has 0 aliphatic carbocycles. The molecule has 26 heavy (non-hydrogen) atoms. The van der Waals surface area contributed by atoms with Gasteiger partial charge < -0.3 is 9.52 Å². The van der Waals surface area contributed by atoms with Crippen LogP contribution in [0.2, 0.25) is 5.02 Å². The van der Waals surface area contributed by atoms with E-state index in [0.717, 1.165) is 11.9 Å². The Morgan fingerprint density at radius 3 is 2.69 bits per heavy atom. The highest BCUT2D eigenvalue weighted by Crippen LogP contribution is 2.20. The first-order chi connectivity index (χ1) is 12.2. The Hall–Kier alpha value is -1.91. The topological polar surface area (TPSA) is 110 Å². The molecule has 0 radical (unpaired) electrons. The molecule has 11 heteroatoms. The molecule has 0 aromatic carbocycles. The van der Waals surface area contributed by atoms with E-state index in [1.165, 1.54) is 6.07 Å².